The first-order valence-electron chi connectivity index (χ1n) is 7.34. The highest BCUT2D eigenvalue weighted by Gasteiger charge is 2.41. The lowest BCUT2D eigenvalue weighted by Crippen LogP contribution is -2.40. The summed E-state index contributed by atoms with van der Waals surface area (Å²) in [7, 11) is -3.87. The maximum absolute atomic E-state index is 11.6. The van der Waals surface area contributed by atoms with Crippen LogP contribution in [0.15, 0.2) is 0 Å². The molecule has 0 aromatic rings. The Morgan fingerprint density at radius 1 is 0.889 bits per heavy atom. The molecule has 3 nitrogen and oxygen atoms in total. The standard InChI is InChI=1S/C14H26O3S/c1-10-3-6-12(7-4-10)13-8-5-11(2)9-14(13)18(15,16)17/h10-14H,3-9H2,1-2H3,(H,15,16,17). The Balaban J connectivity index is 2.09. The van der Waals surface area contributed by atoms with Gasteiger partial charge in [-0.15, -0.1) is 0 Å². The zero-order valence-electron chi connectivity index (χ0n) is 11.5. The van der Waals surface area contributed by atoms with Crippen molar-refractivity contribution < 1.29 is 13.0 Å². The molecule has 0 aromatic carbocycles. The lowest BCUT2D eigenvalue weighted by Gasteiger charge is -2.40. The van der Waals surface area contributed by atoms with Gasteiger partial charge in [-0.3, -0.25) is 4.55 Å². The second-order valence-electron chi connectivity index (χ2n) is 6.66. The van der Waals surface area contributed by atoms with E-state index in [2.05, 4.69) is 13.8 Å². The second kappa shape index (κ2) is 5.49. The van der Waals surface area contributed by atoms with Crippen LogP contribution in [0.1, 0.15) is 58.8 Å². The first kappa shape index (κ1) is 14.3. The van der Waals surface area contributed by atoms with Crippen LogP contribution < -0.4 is 0 Å². The molecule has 0 radical (unpaired) electrons. The van der Waals surface area contributed by atoms with E-state index in [9.17, 15) is 13.0 Å². The molecule has 0 saturated heterocycles. The van der Waals surface area contributed by atoms with Crippen molar-refractivity contribution >= 4 is 10.1 Å². The van der Waals surface area contributed by atoms with Crippen LogP contribution in [0.4, 0.5) is 0 Å². The Bertz CT molecular complexity index is 369. The third-order valence-electron chi connectivity index (χ3n) is 5.15. The van der Waals surface area contributed by atoms with Crippen LogP contribution >= 0.6 is 0 Å². The van der Waals surface area contributed by atoms with E-state index < -0.39 is 15.4 Å². The van der Waals surface area contributed by atoms with E-state index in [1.165, 1.54) is 12.8 Å². The molecule has 2 rings (SSSR count). The summed E-state index contributed by atoms with van der Waals surface area (Å²) in [6.07, 6.45) is 7.46. The highest BCUT2D eigenvalue weighted by atomic mass is 32.2. The zero-order chi connectivity index (χ0) is 13.3. The summed E-state index contributed by atoms with van der Waals surface area (Å²) >= 11 is 0. The first-order valence-corrected chi connectivity index (χ1v) is 8.84. The van der Waals surface area contributed by atoms with Gasteiger partial charge in [-0.2, -0.15) is 8.42 Å². The Hall–Kier alpha value is -0.0900. The van der Waals surface area contributed by atoms with Crippen LogP contribution in [0.2, 0.25) is 0 Å². The average molecular weight is 274 g/mol. The zero-order valence-corrected chi connectivity index (χ0v) is 12.3. The van der Waals surface area contributed by atoms with Crippen molar-refractivity contribution in [2.45, 2.75) is 64.0 Å². The van der Waals surface area contributed by atoms with Crippen molar-refractivity contribution in [1.82, 2.24) is 0 Å². The molecule has 0 aromatic heterocycles. The van der Waals surface area contributed by atoms with E-state index >= 15 is 0 Å². The van der Waals surface area contributed by atoms with E-state index in [1.54, 1.807) is 0 Å². The third-order valence-corrected chi connectivity index (χ3v) is 6.46. The van der Waals surface area contributed by atoms with Crippen LogP contribution in [-0.2, 0) is 10.1 Å². The molecule has 0 heterocycles. The monoisotopic (exact) mass is 274 g/mol. The molecule has 0 spiro atoms. The summed E-state index contributed by atoms with van der Waals surface area (Å²) < 4.78 is 32.7. The normalized spacial score (nSPS) is 42.7. The summed E-state index contributed by atoms with van der Waals surface area (Å²) in [5, 5.41) is -0.500. The van der Waals surface area contributed by atoms with E-state index in [0.29, 0.717) is 18.3 Å². The predicted octanol–water partition coefficient (Wildman–Crippen LogP) is 3.51. The summed E-state index contributed by atoms with van der Waals surface area (Å²) in [6.45, 7) is 4.37. The van der Waals surface area contributed by atoms with Crippen molar-refractivity contribution in [1.29, 1.82) is 0 Å². The maximum atomic E-state index is 11.6. The highest BCUT2D eigenvalue weighted by molar-refractivity contribution is 7.86. The van der Waals surface area contributed by atoms with Crippen molar-refractivity contribution in [3.63, 3.8) is 0 Å². The fourth-order valence-electron chi connectivity index (χ4n) is 3.95. The molecule has 3 unspecified atom stereocenters. The van der Waals surface area contributed by atoms with Gasteiger partial charge in [0.15, 0.2) is 0 Å². The summed E-state index contributed by atoms with van der Waals surface area (Å²) in [5.41, 5.74) is 0. The summed E-state index contributed by atoms with van der Waals surface area (Å²) in [4.78, 5) is 0. The van der Waals surface area contributed by atoms with Gasteiger partial charge in [0.05, 0.1) is 5.25 Å². The molecule has 2 saturated carbocycles. The van der Waals surface area contributed by atoms with Gasteiger partial charge in [-0.25, -0.2) is 0 Å². The SMILES string of the molecule is CC1CCC(C2CCC(C)CC2S(=O)(=O)O)CC1. The fraction of sp³-hybridized carbons (Fsp3) is 1.00. The molecular formula is C14H26O3S. The Morgan fingerprint density at radius 2 is 1.44 bits per heavy atom. The van der Waals surface area contributed by atoms with Crippen molar-refractivity contribution in [3.05, 3.63) is 0 Å². The quantitative estimate of drug-likeness (QED) is 0.784. The van der Waals surface area contributed by atoms with Crippen LogP contribution in [0.3, 0.4) is 0 Å². The molecule has 0 aliphatic heterocycles. The minimum absolute atomic E-state index is 0.198. The van der Waals surface area contributed by atoms with E-state index in [-0.39, 0.29) is 5.92 Å². The molecule has 18 heavy (non-hydrogen) atoms. The fourth-order valence-corrected chi connectivity index (χ4v) is 5.32. The lowest BCUT2D eigenvalue weighted by atomic mass is 9.69. The molecular weight excluding hydrogens is 248 g/mol. The molecule has 1 N–H and O–H groups in total. The third kappa shape index (κ3) is 3.27. The Morgan fingerprint density at radius 3 is 2.00 bits per heavy atom. The average Bonchev–Trinajstić information content (AvgIpc) is 2.29. The highest BCUT2D eigenvalue weighted by Crippen LogP contribution is 2.43. The van der Waals surface area contributed by atoms with Crippen molar-refractivity contribution in [2.75, 3.05) is 0 Å². The van der Waals surface area contributed by atoms with Gasteiger partial charge in [0.1, 0.15) is 0 Å². The van der Waals surface area contributed by atoms with Gasteiger partial charge >= 0.3 is 0 Å². The molecule has 0 bridgehead atoms. The van der Waals surface area contributed by atoms with Crippen molar-refractivity contribution in [2.24, 2.45) is 23.7 Å². The molecule has 106 valence electrons. The molecule has 2 aliphatic rings. The molecule has 2 fully saturated rings. The van der Waals surface area contributed by atoms with Gasteiger partial charge in [0, 0.05) is 0 Å². The topological polar surface area (TPSA) is 54.4 Å². The Kier molecular flexibility index (Phi) is 4.37. The number of rotatable bonds is 2. The molecule has 3 atom stereocenters. The van der Waals surface area contributed by atoms with Gasteiger partial charge < -0.3 is 0 Å². The lowest BCUT2D eigenvalue weighted by molar-refractivity contribution is 0.154. The Labute approximate surface area is 111 Å². The van der Waals surface area contributed by atoms with Gasteiger partial charge in [0.25, 0.3) is 10.1 Å². The first-order chi connectivity index (χ1) is 8.38. The van der Waals surface area contributed by atoms with E-state index in [0.717, 1.165) is 31.6 Å². The van der Waals surface area contributed by atoms with Crippen molar-refractivity contribution in [3.8, 4) is 0 Å². The molecule has 2 aliphatic carbocycles. The number of hydrogen-bond donors (Lipinski definition) is 1. The van der Waals surface area contributed by atoms with Crippen LogP contribution in [-0.4, -0.2) is 18.2 Å². The maximum Gasteiger partial charge on any atom is 0.268 e. The van der Waals surface area contributed by atoms with Crippen LogP contribution in [0.5, 0.6) is 0 Å². The minimum atomic E-state index is -3.87. The van der Waals surface area contributed by atoms with Gasteiger partial charge in [-0.05, 0) is 49.4 Å². The van der Waals surface area contributed by atoms with Crippen LogP contribution in [0, 0.1) is 23.7 Å². The minimum Gasteiger partial charge on any atom is -0.285 e. The predicted molar refractivity (Wildman–Crippen MR) is 73.0 cm³/mol. The summed E-state index contributed by atoms with van der Waals surface area (Å²) in [6, 6.07) is 0. The van der Waals surface area contributed by atoms with E-state index in [1.807, 2.05) is 0 Å². The second-order valence-corrected chi connectivity index (χ2v) is 8.29. The van der Waals surface area contributed by atoms with Crippen LogP contribution in [0.25, 0.3) is 0 Å². The van der Waals surface area contributed by atoms with Gasteiger partial charge in [-0.1, -0.05) is 33.1 Å². The number of hydrogen-bond acceptors (Lipinski definition) is 2. The molecule has 0 amide bonds. The summed E-state index contributed by atoms with van der Waals surface area (Å²) in [5.74, 6) is 1.92. The smallest absolute Gasteiger partial charge is 0.268 e. The molecule has 4 heteroatoms. The van der Waals surface area contributed by atoms with Gasteiger partial charge in [0.2, 0.25) is 0 Å². The van der Waals surface area contributed by atoms with E-state index in [4.69, 9.17) is 0 Å². The largest absolute Gasteiger partial charge is 0.285 e.